The van der Waals surface area contributed by atoms with Gasteiger partial charge in [0, 0.05) is 16.7 Å². The minimum Gasteiger partial charge on any atom is -0.503 e. The number of nitrogens with zero attached hydrogens (tertiary/aromatic N) is 3. The summed E-state index contributed by atoms with van der Waals surface area (Å²) in [6.07, 6.45) is 0. The second kappa shape index (κ2) is 10.6. The Bertz CT molecular complexity index is 1780. The van der Waals surface area contributed by atoms with Crippen LogP contribution in [-0.2, 0) is 10.5 Å². The molecule has 1 unspecified atom stereocenters. The van der Waals surface area contributed by atoms with Crippen molar-refractivity contribution < 1.29 is 28.2 Å². The van der Waals surface area contributed by atoms with Crippen molar-refractivity contribution in [1.82, 2.24) is 10.2 Å². The Hall–Kier alpha value is -4.48. The van der Waals surface area contributed by atoms with Gasteiger partial charge >= 0.3 is 0 Å². The average molecular weight is 574 g/mol. The van der Waals surface area contributed by atoms with E-state index in [-0.39, 0.29) is 22.0 Å². The largest absolute Gasteiger partial charge is 0.503 e. The summed E-state index contributed by atoms with van der Waals surface area (Å²) in [5, 5.41) is 20.1. The lowest BCUT2D eigenvalue weighted by atomic mass is 9.95. The number of amides is 1. The van der Waals surface area contributed by atoms with Gasteiger partial charge < -0.3 is 14.3 Å². The summed E-state index contributed by atoms with van der Waals surface area (Å²) in [5.74, 6) is -2.20. The molecule has 2 aromatic heterocycles. The summed E-state index contributed by atoms with van der Waals surface area (Å²) in [6, 6.07) is 20.9. The fraction of sp³-hybridized carbons (Fsp3) is 0.103. The van der Waals surface area contributed by atoms with E-state index in [1.807, 2.05) is 30.3 Å². The van der Waals surface area contributed by atoms with E-state index >= 15 is 4.39 Å². The van der Waals surface area contributed by atoms with E-state index in [1.54, 1.807) is 24.3 Å². The Labute approximate surface area is 235 Å². The van der Waals surface area contributed by atoms with Crippen LogP contribution in [0.4, 0.5) is 9.52 Å². The number of thioether (sulfide) groups is 1. The summed E-state index contributed by atoms with van der Waals surface area (Å²) in [6.45, 7) is 0. The monoisotopic (exact) mass is 573 g/mol. The van der Waals surface area contributed by atoms with Gasteiger partial charge in [0.25, 0.3) is 5.91 Å². The molecular weight excluding hydrogens is 553 g/mol. The number of furan rings is 1. The van der Waals surface area contributed by atoms with E-state index in [0.29, 0.717) is 26.8 Å². The minimum atomic E-state index is -1.30. The van der Waals surface area contributed by atoms with Crippen molar-refractivity contribution in [1.29, 1.82) is 0 Å². The molecule has 0 aliphatic carbocycles. The number of methoxy groups -OCH3 is 1. The lowest BCUT2D eigenvalue weighted by Gasteiger charge is -2.24. The first-order valence-electron chi connectivity index (χ1n) is 12.1. The third-order valence-corrected chi connectivity index (χ3v) is 8.54. The molecular formula is C29H20FN3O5S2. The fourth-order valence-electron chi connectivity index (χ4n) is 4.54. The molecule has 0 bridgehead atoms. The van der Waals surface area contributed by atoms with E-state index in [4.69, 9.17) is 9.15 Å². The topological polar surface area (TPSA) is 106 Å². The summed E-state index contributed by atoms with van der Waals surface area (Å²) in [7, 11) is 1.48. The van der Waals surface area contributed by atoms with E-state index in [9.17, 15) is 14.7 Å². The second-order valence-electron chi connectivity index (χ2n) is 8.80. The number of aliphatic hydroxyl groups is 1. The number of carbonyl (C=O) groups is 2. The zero-order chi connectivity index (χ0) is 27.8. The predicted octanol–water partition coefficient (Wildman–Crippen LogP) is 6.51. The van der Waals surface area contributed by atoms with Crippen LogP contribution in [0.1, 0.15) is 27.7 Å². The van der Waals surface area contributed by atoms with E-state index in [1.165, 1.54) is 43.1 Å². The highest BCUT2D eigenvalue weighted by molar-refractivity contribution is 8.00. The molecule has 6 rings (SSSR count). The molecule has 0 radical (unpaired) electrons. The molecule has 11 heteroatoms. The van der Waals surface area contributed by atoms with Crippen molar-refractivity contribution in [3.05, 3.63) is 113 Å². The van der Waals surface area contributed by atoms with Gasteiger partial charge in [0.15, 0.2) is 27.2 Å². The standard InChI is InChI=1S/C29H20FN3O5S2/c1-37-20-13-7-10-17-14-21(38-26(17)20)24(34)22-23(18-11-5-6-12-19(18)30)33(27(36)25(22)35)28-31-32-29(40-28)39-15-16-8-3-2-4-9-16/h2-14,23,35H,15H2,1H3. The number of aliphatic hydroxyl groups excluding tert-OH is 1. The second-order valence-corrected chi connectivity index (χ2v) is 11.0. The van der Waals surface area contributed by atoms with Gasteiger partial charge in [-0.25, -0.2) is 4.39 Å². The van der Waals surface area contributed by atoms with Crippen molar-refractivity contribution in [3.8, 4) is 5.75 Å². The van der Waals surface area contributed by atoms with Crippen LogP contribution in [-0.4, -0.2) is 34.1 Å². The summed E-state index contributed by atoms with van der Waals surface area (Å²) >= 11 is 2.54. The molecule has 0 spiro atoms. The third-order valence-electron chi connectivity index (χ3n) is 6.41. The molecule has 0 fully saturated rings. The van der Waals surface area contributed by atoms with E-state index in [0.717, 1.165) is 21.8 Å². The molecule has 1 aliphatic rings. The predicted molar refractivity (Wildman–Crippen MR) is 149 cm³/mol. The summed E-state index contributed by atoms with van der Waals surface area (Å²) < 4.78 is 26.9. The summed E-state index contributed by atoms with van der Waals surface area (Å²) in [5.41, 5.74) is 1.12. The van der Waals surface area contributed by atoms with Crippen molar-refractivity contribution in [2.45, 2.75) is 16.1 Å². The fourth-order valence-corrected chi connectivity index (χ4v) is 6.37. The van der Waals surface area contributed by atoms with Gasteiger partial charge in [0.05, 0.1) is 12.7 Å². The Morgan fingerprint density at radius 3 is 2.65 bits per heavy atom. The van der Waals surface area contributed by atoms with Gasteiger partial charge in [-0.3, -0.25) is 14.5 Å². The maximum absolute atomic E-state index is 15.2. The van der Waals surface area contributed by atoms with Gasteiger partial charge in [0.1, 0.15) is 11.9 Å². The van der Waals surface area contributed by atoms with Crippen LogP contribution in [0.5, 0.6) is 5.75 Å². The smallest absolute Gasteiger partial charge is 0.296 e. The Morgan fingerprint density at radius 2 is 1.88 bits per heavy atom. The van der Waals surface area contributed by atoms with Crippen molar-refractivity contribution in [2.75, 3.05) is 12.0 Å². The molecule has 3 heterocycles. The first-order valence-corrected chi connectivity index (χ1v) is 13.9. The van der Waals surface area contributed by atoms with Crippen LogP contribution < -0.4 is 9.64 Å². The van der Waals surface area contributed by atoms with Gasteiger partial charge in [-0.05, 0) is 23.8 Å². The molecule has 1 amide bonds. The number of rotatable bonds is 8. The van der Waals surface area contributed by atoms with Crippen molar-refractivity contribution in [2.24, 2.45) is 0 Å². The first-order chi connectivity index (χ1) is 19.5. The number of hydrogen-bond acceptors (Lipinski definition) is 9. The van der Waals surface area contributed by atoms with Gasteiger partial charge in [-0.1, -0.05) is 83.8 Å². The van der Waals surface area contributed by atoms with Gasteiger partial charge in [-0.15, -0.1) is 10.2 Å². The maximum atomic E-state index is 15.2. The zero-order valence-electron chi connectivity index (χ0n) is 20.9. The average Bonchev–Trinajstić information content (AvgIpc) is 3.69. The normalized spacial score (nSPS) is 15.3. The molecule has 40 heavy (non-hydrogen) atoms. The maximum Gasteiger partial charge on any atom is 0.296 e. The Morgan fingerprint density at radius 1 is 1.10 bits per heavy atom. The van der Waals surface area contributed by atoms with Crippen LogP contribution in [0.3, 0.4) is 0 Å². The first kappa shape index (κ1) is 25.8. The molecule has 3 aromatic carbocycles. The summed E-state index contributed by atoms with van der Waals surface area (Å²) in [4.78, 5) is 28.4. The number of anilines is 1. The Kier molecular flexibility index (Phi) is 6.82. The number of ketones is 1. The highest BCUT2D eigenvalue weighted by atomic mass is 32.2. The quantitative estimate of drug-likeness (QED) is 0.127. The number of carbonyl (C=O) groups excluding carboxylic acids is 2. The molecule has 8 nitrogen and oxygen atoms in total. The SMILES string of the molecule is COc1cccc2cc(C(=O)C3=C(O)C(=O)N(c4nnc(SCc5ccccc5)s4)C3c3ccccc3F)oc12. The molecule has 200 valence electrons. The molecule has 1 aliphatic heterocycles. The number of hydrogen-bond donors (Lipinski definition) is 1. The van der Waals surface area contributed by atoms with Crippen LogP contribution in [0.2, 0.25) is 0 Å². The zero-order valence-corrected chi connectivity index (χ0v) is 22.5. The number of benzene rings is 3. The third kappa shape index (κ3) is 4.52. The molecule has 5 aromatic rings. The number of halogens is 1. The Balaban J connectivity index is 1.39. The van der Waals surface area contributed by atoms with E-state index in [2.05, 4.69) is 10.2 Å². The molecule has 1 atom stereocenters. The van der Waals surface area contributed by atoms with Crippen molar-refractivity contribution in [3.63, 3.8) is 0 Å². The van der Waals surface area contributed by atoms with Gasteiger partial charge in [-0.2, -0.15) is 0 Å². The number of fused-ring (bicyclic) bond motifs is 1. The number of aromatic nitrogens is 2. The molecule has 1 N–H and O–H groups in total. The highest BCUT2D eigenvalue weighted by Crippen LogP contribution is 2.45. The number of ether oxygens (including phenoxy) is 1. The van der Waals surface area contributed by atoms with Crippen LogP contribution in [0.15, 0.2) is 99.0 Å². The lowest BCUT2D eigenvalue weighted by Crippen LogP contribution is -2.31. The number of para-hydroxylation sites is 1. The van der Waals surface area contributed by atoms with Crippen LogP contribution >= 0.6 is 23.1 Å². The minimum absolute atomic E-state index is 0.0191. The molecule has 0 saturated heterocycles. The molecule has 0 saturated carbocycles. The van der Waals surface area contributed by atoms with E-state index < -0.39 is 29.3 Å². The van der Waals surface area contributed by atoms with Gasteiger partial charge in [0.2, 0.25) is 10.9 Å². The lowest BCUT2D eigenvalue weighted by molar-refractivity contribution is -0.117. The number of Topliss-reactive ketones (excluding diaryl/α,β-unsaturated/α-hetero) is 1. The van der Waals surface area contributed by atoms with Crippen LogP contribution in [0, 0.1) is 5.82 Å². The van der Waals surface area contributed by atoms with Crippen molar-refractivity contribution >= 4 is 50.9 Å². The highest BCUT2D eigenvalue weighted by Gasteiger charge is 2.47. The van der Waals surface area contributed by atoms with Crippen LogP contribution in [0.25, 0.3) is 11.0 Å².